The molecule has 2 rings (SSSR count). The molecule has 164 valence electrons. The van der Waals surface area contributed by atoms with E-state index in [1.165, 1.54) is 36.0 Å². The van der Waals surface area contributed by atoms with Crippen LogP contribution in [0.25, 0.3) is 0 Å². The lowest BCUT2D eigenvalue weighted by atomic mass is 10.2. The molecule has 10 heteroatoms. The molecule has 0 radical (unpaired) electrons. The molecule has 2 aromatic rings. The van der Waals surface area contributed by atoms with Gasteiger partial charge in [-0.25, -0.2) is 8.42 Å². The Morgan fingerprint density at radius 2 is 1.73 bits per heavy atom. The van der Waals surface area contributed by atoms with Gasteiger partial charge >= 0.3 is 0 Å². The maximum atomic E-state index is 12.6. The Morgan fingerprint density at radius 1 is 1.10 bits per heavy atom. The second-order valence-corrected chi connectivity index (χ2v) is 9.36. The van der Waals surface area contributed by atoms with Crippen molar-refractivity contribution in [1.29, 1.82) is 0 Å². The summed E-state index contributed by atoms with van der Waals surface area (Å²) in [5.41, 5.74) is 0. The maximum Gasteiger partial charge on any atom is 0.241 e. The SMILES string of the molecule is COc1ccc(OCCNC(=O)C(CCSC)NS(=O)(=O)c2ccc(Cl)cc2)cc1. The summed E-state index contributed by atoms with van der Waals surface area (Å²) in [7, 11) is -2.27. The molecule has 0 aromatic heterocycles. The topological polar surface area (TPSA) is 93.7 Å². The van der Waals surface area contributed by atoms with E-state index in [9.17, 15) is 13.2 Å². The second kappa shape index (κ2) is 12.0. The second-order valence-electron chi connectivity index (χ2n) is 6.22. The number of nitrogens with one attached hydrogen (secondary N) is 2. The first kappa shape index (κ1) is 24.3. The summed E-state index contributed by atoms with van der Waals surface area (Å²) in [6.45, 7) is 0.487. The van der Waals surface area contributed by atoms with Crippen LogP contribution in [0.15, 0.2) is 53.4 Å². The highest BCUT2D eigenvalue weighted by molar-refractivity contribution is 7.98. The van der Waals surface area contributed by atoms with Gasteiger partial charge in [-0.2, -0.15) is 16.5 Å². The predicted molar refractivity (Wildman–Crippen MR) is 120 cm³/mol. The monoisotopic (exact) mass is 472 g/mol. The number of ether oxygens (including phenoxy) is 2. The molecule has 0 aliphatic heterocycles. The molecule has 1 atom stereocenters. The lowest BCUT2D eigenvalue weighted by Crippen LogP contribution is -2.47. The van der Waals surface area contributed by atoms with Crippen LogP contribution in [0.1, 0.15) is 6.42 Å². The summed E-state index contributed by atoms with van der Waals surface area (Å²) in [4.78, 5) is 12.6. The van der Waals surface area contributed by atoms with Gasteiger partial charge in [-0.05, 0) is 67.0 Å². The highest BCUT2D eigenvalue weighted by Crippen LogP contribution is 2.17. The van der Waals surface area contributed by atoms with Gasteiger partial charge in [-0.1, -0.05) is 11.6 Å². The van der Waals surface area contributed by atoms with Gasteiger partial charge in [0.1, 0.15) is 24.1 Å². The Balaban J connectivity index is 1.91. The van der Waals surface area contributed by atoms with E-state index in [1.807, 2.05) is 6.26 Å². The van der Waals surface area contributed by atoms with Crippen LogP contribution in [0.5, 0.6) is 11.5 Å². The van der Waals surface area contributed by atoms with E-state index in [1.54, 1.807) is 31.4 Å². The van der Waals surface area contributed by atoms with Crippen molar-refractivity contribution in [1.82, 2.24) is 10.0 Å². The molecule has 7 nitrogen and oxygen atoms in total. The summed E-state index contributed by atoms with van der Waals surface area (Å²) < 4.78 is 38.4. The molecular formula is C20H25ClN2O5S2. The first-order valence-electron chi connectivity index (χ1n) is 9.17. The average molecular weight is 473 g/mol. The van der Waals surface area contributed by atoms with Crippen LogP contribution in [0, 0.1) is 0 Å². The first-order valence-corrected chi connectivity index (χ1v) is 12.4. The number of hydrogen-bond acceptors (Lipinski definition) is 6. The van der Waals surface area contributed by atoms with Gasteiger partial charge in [0.15, 0.2) is 0 Å². The number of amides is 1. The van der Waals surface area contributed by atoms with E-state index in [4.69, 9.17) is 21.1 Å². The van der Waals surface area contributed by atoms with Gasteiger partial charge < -0.3 is 14.8 Å². The van der Waals surface area contributed by atoms with Crippen molar-refractivity contribution in [3.63, 3.8) is 0 Å². The first-order chi connectivity index (χ1) is 14.4. The molecule has 0 aliphatic carbocycles. The fourth-order valence-corrected chi connectivity index (χ4v) is 4.31. The Kier molecular flexibility index (Phi) is 9.77. The van der Waals surface area contributed by atoms with Crippen molar-refractivity contribution in [3.8, 4) is 11.5 Å². The van der Waals surface area contributed by atoms with E-state index in [2.05, 4.69) is 10.0 Å². The third-order valence-corrected chi connectivity index (χ3v) is 6.46. The summed E-state index contributed by atoms with van der Waals surface area (Å²) in [5, 5.41) is 3.15. The molecule has 2 N–H and O–H groups in total. The Hall–Kier alpha value is -1.94. The van der Waals surface area contributed by atoms with Crippen LogP contribution in [-0.4, -0.2) is 52.6 Å². The molecule has 0 saturated carbocycles. The zero-order chi connectivity index (χ0) is 22.0. The van der Waals surface area contributed by atoms with Crippen molar-refractivity contribution < 1.29 is 22.7 Å². The molecule has 1 unspecified atom stereocenters. The third-order valence-electron chi connectivity index (χ3n) is 4.08. The zero-order valence-corrected chi connectivity index (χ0v) is 19.1. The highest BCUT2D eigenvalue weighted by atomic mass is 35.5. The number of benzene rings is 2. The molecule has 0 heterocycles. The molecule has 30 heavy (non-hydrogen) atoms. The number of sulfonamides is 1. The van der Waals surface area contributed by atoms with Gasteiger partial charge in [0.05, 0.1) is 18.6 Å². The van der Waals surface area contributed by atoms with E-state index < -0.39 is 22.0 Å². The van der Waals surface area contributed by atoms with Crippen LogP contribution >= 0.6 is 23.4 Å². The molecule has 0 fully saturated rings. The minimum atomic E-state index is -3.85. The van der Waals surface area contributed by atoms with Crippen molar-refractivity contribution in [2.75, 3.05) is 32.3 Å². The summed E-state index contributed by atoms with van der Waals surface area (Å²) in [6.07, 6.45) is 2.25. The molecule has 0 saturated heterocycles. The summed E-state index contributed by atoms with van der Waals surface area (Å²) >= 11 is 7.35. The van der Waals surface area contributed by atoms with Crippen LogP contribution in [0.2, 0.25) is 5.02 Å². The number of thioether (sulfide) groups is 1. The quantitative estimate of drug-likeness (QED) is 0.461. The van der Waals surface area contributed by atoms with Gasteiger partial charge in [-0.15, -0.1) is 0 Å². The molecular weight excluding hydrogens is 448 g/mol. The number of carbonyl (C=O) groups excluding carboxylic acids is 1. The van der Waals surface area contributed by atoms with E-state index >= 15 is 0 Å². The zero-order valence-electron chi connectivity index (χ0n) is 16.8. The average Bonchev–Trinajstić information content (AvgIpc) is 2.74. The Morgan fingerprint density at radius 3 is 2.33 bits per heavy atom. The Labute approximate surface area is 186 Å². The highest BCUT2D eigenvalue weighted by Gasteiger charge is 2.25. The number of halogens is 1. The van der Waals surface area contributed by atoms with E-state index in [-0.39, 0.29) is 18.0 Å². The van der Waals surface area contributed by atoms with Gasteiger partial charge in [-0.3, -0.25) is 4.79 Å². The third kappa shape index (κ3) is 7.71. The standard InChI is InChI=1S/C20H25ClN2O5S2/c1-27-16-5-7-17(8-6-16)28-13-12-22-20(24)19(11-14-29-2)23-30(25,26)18-9-3-15(21)4-10-18/h3-10,19,23H,11-14H2,1-2H3,(H,22,24). The van der Waals surface area contributed by atoms with Crippen molar-refractivity contribution in [2.24, 2.45) is 0 Å². The van der Waals surface area contributed by atoms with Crippen molar-refractivity contribution in [3.05, 3.63) is 53.6 Å². The molecule has 1 amide bonds. The predicted octanol–water partition coefficient (Wildman–Crippen LogP) is 2.94. The van der Waals surface area contributed by atoms with Crippen molar-refractivity contribution >= 4 is 39.3 Å². The van der Waals surface area contributed by atoms with Gasteiger partial charge in [0.25, 0.3) is 0 Å². The van der Waals surface area contributed by atoms with Crippen LogP contribution in [0.3, 0.4) is 0 Å². The van der Waals surface area contributed by atoms with Crippen LogP contribution in [-0.2, 0) is 14.8 Å². The lowest BCUT2D eigenvalue weighted by Gasteiger charge is -2.18. The summed E-state index contributed by atoms with van der Waals surface area (Å²) in [5.74, 6) is 1.59. The fraction of sp³-hybridized carbons (Fsp3) is 0.350. The number of hydrogen-bond donors (Lipinski definition) is 2. The maximum absolute atomic E-state index is 12.6. The number of carbonyl (C=O) groups is 1. The normalized spacial score (nSPS) is 12.2. The number of methoxy groups -OCH3 is 1. The largest absolute Gasteiger partial charge is 0.497 e. The molecule has 0 bridgehead atoms. The van der Waals surface area contributed by atoms with Crippen LogP contribution < -0.4 is 19.5 Å². The smallest absolute Gasteiger partial charge is 0.241 e. The van der Waals surface area contributed by atoms with E-state index in [0.29, 0.717) is 22.9 Å². The van der Waals surface area contributed by atoms with E-state index in [0.717, 1.165) is 5.75 Å². The fourth-order valence-electron chi connectivity index (χ4n) is 2.49. The van der Waals surface area contributed by atoms with Crippen molar-refractivity contribution in [2.45, 2.75) is 17.4 Å². The van der Waals surface area contributed by atoms with Gasteiger partial charge in [0, 0.05) is 5.02 Å². The molecule has 2 aromatic carbocycles. The molecule has 0 aliphatic rings. The minimum Gasteiger partial charge on any atom is -0.497 e. The lowest BCUT2D eigenvalue weighted by molar-refractivity contribution is -0.122. The minimum absolute atomic E-state index is 0.0525. The molecule has 0 spiro atoms. The number of rotatable bonds is 12. The Bertz CT molecular complexity index is 906. The van der Waals surface area contributed by atoms with Gasteiger partial charge in [0.2, 0.25) is 15.9 Å². The van der Waals surface area contributed by atoms with Crippen LogP contribution in [0.4, 0.5) is 0 Å². The summed E-state index contributed by atoms with van der Waals surface area (Å²) in [6, 6.07) is 12.0.